The van der Waals surface area contributed by atoms with Crippen LogP contribution in [-0.2, 0) is 0 Å². The molecule has 0 saturated carbocycles. The minimum Gasteiger partial charge on any atom is -0.449 e. The third kappa shape index (κ3) is 3.00. The van der Waals surface area contributed by atoms with Gasteiger partial charge >= 0.3 is 6.03 Å². The van der Waals surface area contributed by atoms with Crippen LogP contribution in [0.2, 0.25) is 0 Å². The lowest BCUT2D eigenvalue weighted by molar-refractivity contribution is 0.156. The number of urea groups is 1. The summed E-state index contributed by atoms with van der Waals surface area (Å²) in [7, 11) is 3.95. The van der Waals surface area contributed by atoms with Gasteiger partial charge in [-0.15, -0.1) is 0 Å². The SMILES string of the molecule is CN1CCC(N(C)C(=O)Nc2ccco2)CC1. The van der Waals surface area contributed by atoms with Crippen LogP contribution in [-0.4, -0.2) is 49.1 Å². The predicted octanol–water partition coefficient (Wildman–Crippen LogP) is 1.84. The fourth-order valence-corrected chi connectivity index (χ4v) is 2.09. The molecule has 1 saturated heterocycles. The van der Waals surface area contributed by atoms with Gasteiger partial charge in [-0.3, -0.25) is 5.32 Å². The van der Waals surface area contributed by atoms with Crippen LogP contribution in [0.5, 0.6) is 0 Å². The van der Waals surface area contributed by atoms with E-state index in [2.05, 4.69) is 17.3 Å². The predicted molar refractivity (Wildman–Crippen MR) is 66.0 cm³/mol. The van der Waals surface area contributed by atoms with Gasteiger partial charge in [-0.25, -0.2) is 4.79 Å². The number of nitrogens with one attached hydrogen (secondary N) is 1. The Hall–Kier alpha value is -1.49. The Morgan fingerprint density at radius 3 is 2.82 bits per heavy atom. The Morgan fingerprint density at radius 1 is 1.53 bits per heavy atom. The molecular formula is C12H19N3O2. The smallest absolute Gasteiger partial charge is 0.324 e. The van der Waals surface area contributed by atoms with E-state index in [-0.39, 0.29) is 6.03 Å². The minimum atomic E-state index is -0.102. The van der Waals surface area contributed by atoms with Gasteiger partial charge in [0.1, 0.15) is 0 Å². The average Bonchev–Trinajstić information content (AvgIpc) is 2.82. The molecule has 2 heterocycles. The molecule has 1 aromatic rings. The highest BCUT2D eigenvalue weighted by Crippen LogP contribution is 2.15. The maximum absolute atomic E-state index is 11.9. The van der Waals surface area contributed by atoms with Gasteiger partial charge in [-0.2, -0.15) is 0 Å². The summed E-state index contributed by atoms with van der Waals surface area (Å²) < 4.78 is 5.09. The monoisotopic (exact) mass is 237 g/mol. The lowest BCUT2D eigenvalue weighted by Gasteiger charge is -2.34. The summed E-state index contributed by atoms with van der Waals surface area (Å²) in [5, 5.41) is 2.74. The van der Waals surface area contributed by atoms with Crippen LogP contribution in [0.3, 0.4) is 0 Å². The van der Waals surface area contributed by atoms with Gasteiger partial charge in [0.05, 0.1) is 6.26 Å². The first kappa shape index (κ1) is 12.0. The number of piperidine rings is 1. The van der Waals surface area contributed by atoms with Crippen LogP contribution in [0, 0.1) is 0 Å². The number of furan rings is 1. The largest absolute Gasteiger partial charge is 0.449 e. The maximum atomic E-state index is 11.9. The van der Waals surface area contributed by atoms with Crippen molar-refractivity contribution in [2.24, 2.45) is 0 Å². The van der Waals surface area contributed by atoms with Crippen molar-refractivity contribution in [1.29, 1.82) is 0 Å². The van der Waals surface area contributed by atoms with Crippen LogP contribution in [0.15, 0.2) is 22.8 Å². The Bertz CT molecular complexity index is 356. The summed E-state index contributed by atoms with van der Waals surface area (Å²) in [6.45, 7) is 2.09. The van der Waals surface area contributed by atoms with E-state index >= 15 is 0 Å². The number of likely N-dealkylation sites (tertiary alicyclic amines) is 1. The number of nitrogens with zero attached hydrogens (tertiary/aromatic N) is 2. The molecule has 1 aliphatic heterocycles. The van der Waals surface area contributed by atoms with E-state index in [0.29, 0.717) is 11.9 Å². The first-order valence-corrected chi connectivity index (χ1v) is 5.92. The minimum absolute atomic E-state index is 0.102. The van der Waals surface area contributed by atoms with Gasteiger partial charge < -0.3 is 14.2 Å². The molecule has 1 aliphatic rings. The molecule has 94 valence electrons. The van der Waals surface area contributed by atoms with Gasteiger partial charge in [0, 0.05) is 19.2 Å². The van der Waals surface area contributed by atoms with E-state index in [9.17, 15) is 4.79 Å². The van der Waals surface area contributed by atoms with Gasteiger partial charge in [-0.05, 0) is 39.0 Å². The second kappa shape index (κ2) is 5.23. The van der Waals surface area contributed by atoms with Crippen LogP contribution >= 0.6 is 0 Å². The fourth-order valence-electron chi connectivity index (χ4n) is 2.09. The molecule has 0 aliphatic carbocycles. The van der Waals surface area contributed by atoms with Crippen molar-refractivity contribution in [2.75, 3.05) is 32.5 Å². The van der Waals surface area contributed by atoms with E-state index in [0.717, 1.165) is 25.9 Å². The molecular weight excluding hydrogens is 218 g/mol. The molecule has 0 unspecified atom stereocenters. The zero-order valence-electron chi connectivity index (χ0n) is 10.3. The van der Waals surface area contributed by atoms with Gasteiger partial charge in [0.25, 0.3) is 0 Å². The van der Waals surface area contributed by atoms with Crippen molar-refractivity contribution in [3.63, 3.8) is 0 Å². The summed E-state index contributed by atoms with van der Waals surface area (Å²) in [5.74, 6) is 0.495. The quantitative estimate of drug-likeness (QED) is 0.853. The van der Waals surface area contributed by atoms with Crippen molar-refractivity contribution in [2.45, 2.75) is 18.9 Å². The number of anilines is 1. The normalized spacial score (nSPS) is 18.0. The second-order valence-corrected chi connectivity index (χ2v) is 4.55. The number of carbonyl (C=O) groups excluding carboxylic acids is 1. The van der Waals surface area contributed by atoms with E-state index in [4.69, 9.17) is 4.42 Å². The number of rotatable bonds is 2. The molecule has 1 N–H and O–H groups in total. The number of amides is 2. The van der Waals surface area contributed by atoms with Crippen molar-refractivity contribution in [3.05, 3.63) is 18.4 Å². The molecule has 5 nitrogen and oxygen atoms in total. The standard InChI is InChI=1S/C12H19N3O2/c1-14-7-5-10(6-8-14)15(2)12(16)13-11-4-3-9-17-11/h3-4,9-10H,5-8H2,1-2H3,(H,13,16). The average molecular weight is 237 g/mol. The van der Waals surface area contributed by atoms with Crippen molar-refractivity contribution < 1.29 is 9.21 Å². The zero-order chi connectivity index (χ0) is 12.3. The number of carbonyl (C=O) groups is 1. The Balaban J connectivity index is 1.86. The van der Waals surface area contributed by atoms with Crippen LogP contribution in [0.1, 0.15) is 12.8 Å². The van der Waals surface area contributed by atoms with E-state index < -0.39 is 0 Å². The molecule has 1 aromatic heterocycles. The fraction of sp³-hybridized carbons (Fsp3) is 0.583. The van der Waals surface area contributed by atoms with Gasteiger partial charge in [0.2, 0.25) is 5.88 Å². The highest BCUT2D eigenvalue weighted by Gasteiger charge is 2.24. The zero-order valence-corrected chi connectivity index (χ0v) is 10.3. The molecule has 1 fully saturated rings. The number of hydrogen-bond donors (Lipinski definition) is 1. The third-order valence-corrected chi connectivity index (χ3v) is 3.31. The van der Waals surface area contributed by atoms with Gasteiger partial charge in [-0.1, -0.05) is 0 Å². The van der Waals surface area contributed by atoms with Crippen LogP contribution in [0.25, 0.3) is 0 Å². The number of hydrogen-bond acceptors (Lipinski definition) is 3. The van der Waals surface area contributed by atoms with Crippen LogP contribution in [0.4, 0.5) is 10.7 Å². The highest BCUT2D eigenvalue weighted by molar-refractivity contribution is 5.87. The Labute approximate surface area is 101 Å². The molecule has 0 bridgehead atoms. The Kier molecular flexibility index (Phi) is 3.68. The lowest BCUT2D eigenvalue weighted by Crippen LogP contribution is -2.45. The van der Waals surface area contributed by atoms with Crippen LogP contribution < -0.4 is 5.32 Å². The summed E-state index contributed by atoms with van der Waals surface area (Å²) in [5.41, 5.74) is 0. The molecule has 2 rings (SSSR count). The topological polar surface area (TPSA) is 48.7 Å². The molecule has 0 atom stereocenters. The molecule has 0 spiro atoms. The summed E-state index contributed by atoms with van der Waals surface area (Å²) in [6.07, 6.45) is 3.60. The van der Waals surface area contributed by atoms with E-state index in [1.165, 1.54) is 0 Å². The molecule has 0 radical (unpaired) electrons. The lowest BCUT2D eigenvalue weighted by atomic mass is 10.0. The van der Waals surface area contributed by atoms with Crippen molar-refractivity contribution in [3.8, 4) is 0 Å². The summed E-state index contributed by atoms with van der Waals surface area (Å²) >= 11 is 0. The van der Waals surface area contributed by atoms with E-state index in [1.807, 2.05) is 7.05 Å². The first-order chi connectivity index (χ1) is 8.16. The van der Waals surface area contributed by atoms with Gasteiger partial charge in [0.15, 0.2) is 0 Å². The molecule has 0 aromatic carbocycles. The third-order valence-electron chi connectivity index (χ3n) is 3.31. The van der Waals surface area contributed by atoms with Crippen molar-refractivity contribution >= 4 is 11.9 Å². The molecule has 2 amide bonds. The van der Waals surface area contributed by atoms with E-state index in [1.54, 1.807) is 23.3 Å². The summed E-state index contributed by atoms with van der Waals surface area (Å²) in [6, 6.07) is 3.71. The Morgan fingerprint density at radius 2 is 2.24 bits per heavy atom. The highest BCUT2D eigenvalue weighted by atomic mass is 16.3. The molecule has 5 heteroatoms. The first-order valence-electron chi connectivity index (χ1n) is 5.92. The summed E-state index contributed by atoms with van der Waals surface area (Å²) in [4.78, 5) is 16.0. The van der Waals surface area contributed by atoms with Crippen molar-refractivity contribution in [1.82, 2.24) is 9.80 Å². The maximum Gasteiger partial charge on any atom is 0.324 e. The molecule has 17 heavy (non-hydrogen) atoms. The second-order valence-electron chi connectivity index (χ2n) is 4.55.